The Morgan fingerprint density at radius 2 is 2.06 bits per heavy atom. The van der Waals surface area contributed by atoms with Crippen LogP contribution in [0, 0.1) is 5.92 Å². The molecule has 1 N–H and O–H groups in total. The van der Waals surface area contributed by atoms with Gasteiger partial charge in [-0.2, -0.15) is 0 Å². The van der Waals surface area contributed by atoms with Crippen LogP contribution in [0.1, 0.15) is 51.9 Å². The fraction of sp³-hybridized carbons (Fsp3) is 0.923. The first kappa shape index (κ1) is 13.5. The number of rotatable bonds is 7. The van der Waals surface area contributed by atoms with Crippen molar-refractivity contribution in [2.24, 2.45) is 5.92 Å². The highest BCUT2D eigenvalue weighted by molar-refractivity contribution is 5.75. The largest absolute Gasteiger partial charge is 0.381 e. The molecule has 1 amide bonds. The molecule has 0 radical (unpaired) electrons. The smallest absolute Gasteiger partial charge is 0.219 e. The van der Waals surface area contributed by atoms with Gasteiger partial charge in [0, 0.05) is 26.2 Å². The maximum Gasteiger partial charge on any atom is 0.219 e. The number of carbonyl (C=O) groups is 1. The lowest BCUT2D eigenvalue weighted by Gasteiger charge is -2.21. The van der Waals surface area contributed by atoms with Crippen molar-refractivity contribution in [1.82, 2.24) is 5.32 Å². The van der Waals surface area contributed by atoms with Crippen molar-refractivity contribution in [2.45, 2.75) is 51.9 Å². The Labute approximate surface area is 98.9 Å². The van der Waals surface area contributed by atoms with E-state index in [1.54, 1.807) is 0 Å². The van der Waals surface area contributed by atoms with E-state index in [1.165, 1.54) is 19.3 Å². The molecule has 1 saturated heterocycles. The van der Waals surface area contributed by atoms with E-state index in [0.29, 0.717) is 6.42 Å². The first-order valence-electron chi connectivity index (χ1n) is 6.67. The predicted molar refractivity (Wildman–Crippen MR) is 65.3 cm³/mol. The van der Waals surface area contributed by atoms with Gasteiger partial charge in [-0.1, -0.05) is 13.3 Å². The van der Waals surface area contributed by atoms with Gasteiger partial charge < -0.3 is 10.1 Å². The molecule has 1 fully saturated rings. The summed E-state index contributed by atoms with van der Waals surface area (Å²) in [5, 5.41) is 2.99. The van der Waals surface area contributed by atoms with Crippen molar-refractivity contribution in [1.29, 1.82) is 0 Å². The van der Waals surface area contributed by atoms with E-state index in [2.05, 4.69) is 12.2 Å². The number of nitrogens with one attached hydrogen (secondary N) is 1. The summed E-state index contributed by atoms with van der Waals surface area (Å²) >= 11 is 0. The van der Waals surface area contributed by atoms with Crippen LogP contribution in [-0.4, -0.2) is 25.7 Å². The van der Waals surface area contributed by atoms with E-state index in [0.717, 1.165) is 44.9 Å². The summed E-state index contributed by atoms with van der Waals surface area (Å²) in [5.41, 5.74) is 0. The molecule has 0 aromatic heterocycles. The number of carbonyl (C=O) groups excluding carboxylic acids is 1. The van der Waals surface area contributed by atoms with E-state index in [9.17, 15) is 4.79 Å². The lowest BCUT2D eigenvalue weighted by Crippen LogP contribution is -2.25. The molecule has 94 valence electrons. The third-order valence-corrected chi connectivity index (χ3v) is 3.21. The van der Waals surface area contributed by atoms with Gasteiger partial charge in [0.25, 0.3) is 0 Å². The van der Waals surface area contributed by atoms with Crippen LogP contribution >= 0.6 is 0 Å². The zero-order chi connectivity index (χ0) is 11.6. The van der Waals surface area contributed by atoms with Crippen molar-refractivity contribution in [3.05, 3.63) is 0 Å². The highest BCUT2D eigenvalue weighted by Gasteiger charge is 2.12. The topological polar surface area (TPSA) is 38.3 Å². The number of amides is 1. The molecule has 0 atom stereocenters. The third kappa shape index (κ3) is 6.11. The summed E-state index contributed by atoms with van der Waals surface area (Å²) in [4.78, 5) is 11.3. The first-order valence-corrected chi connectivity index (χ1v) is 6.67. The average molecular weight is 227 g/mol. The fourth-order valence-electron chi connectivity index (χ4n) is 2.08. The maximum atomic E-state index is 11.3. The molecule has 0 aromatic carbocycles. The van der Waals surface area contributed by atoms with Crippen LogP contribution in [-0.2, 0) is 9.53 Å². The molecule has 1 heterocycles. The summed E-state index contributed by atoms with van der Waals surface area (Å²) in [5.74, 6) is 1.04. The molecule has 3 nitrogen and oxygen atoms in total. The van der Waals surface area contributed by atoms with Gasteiger partial charge >= 0.3 is 0 Å². The summed E-state index contributed by atoms with van der Waals surface area (Å²) < 4.78 is 5.32. The molecule has 0 aliphatic carbocycles. The summed E-state index contributed by atoms with van der Waals surface area (Å²) in [6.07, 6.45) is 7.53. The molecule has 0 spiro atoms. The van der Waals surface area contributed by atoms with Gasteiger partial charge in [0.2, 0.25) is 5.91 Å². The van der Waals surface area contributed by atoms with Gasteiger partial charge in [-0.25, -0.2) is 0 Å². The lowest BCUT2D eigenvalue weighted by molar-refractivity contribution is -0.121. The first-order chi connectivity index (χ1) is 7.83. The zero-order valence-electron chi connectivity index (χ0n) is 10.5. The van der Waals surface area contributed by atoms with Crippen molar-refractivity contribution in [3.8, 4) is 0 Å². The maximum absolute atomic E-state index is 11.3. The highest BCUT2D eigenvalue weighted by Crippen LogP contribution is 2.19. The number of hydrogen-bond acceptors (Lipinski definition) is 2. The van der Waals surface area contributed by atoms with Crippen LogP contribution < -0.4 is 5.32 Å². The van der Waals surface area contributed by atoms with Crippen LogP contribution in [0.15, 0.2) is 0 Å². The molecule has 16 heavy (non-hydrogen) atoms. The molecule has 1 aliphatic rings. The Morgan fingerprint density at radius 3 is 2.75 bits per heavy atom. The Kier molecular flexibility index (Phi) is 7.23. The van der Waals surface area contributed by atoms with Gasteiger partial charge in [0.1, 0.15) is 0 Å². The third-order valence-electron chi connectivity index (χ3n) is 3.21. The van der Waals surface area contributed by atoms with Crippen molar-refractivity contribution in [2.75, 3.05) is 19.8 Å². The van der Waals surface area contributed by atoms with Gasteiger partial charge in [0.05, 0.1) is 0 Å². The lowest BCUT2D eigenvalue weighted by atomic mass is 9.95. The second-order valence-electron chi connectivity index (χ2n) is 4.65. The van der Waals surface area contributed by atoms with Gasteiger partial charge in [0.15, 0.2) is 0 Å². The standard InChI is InChI=1S/C13H25NO2/c1-2-3-6-13(15)14-9-4-5-12-7-10-16-11-8-12/h12H,2-11H2,1H3,(H,14,15). The highest BCUT2D eigenvalue weighted by atomic mass is 16.5. The quantitative estimate of drug-likeness (QED) is 0.679. The predicted octanol–water partition coefficient (Wildman–Crippen LogP) is 2.50. The SMILES string of the molecule is CCCCC(=O)NCCCC1CCOCC1. The summed E-state index contributed by atoms with van der Waals surface area (Å²) in [6.45, 7) is 4.80. The molecule has 1 aliphatic heterocycles. The number of hydrogen-bond donors (Lipinski definition) is 1. The number of unbranched alkanes of at least 4 members (excludes halogenated alkanes) is 1. The fourth-order valence-corrected chi connectivity index (χ4v) is 2.08. The minimum atomic E-state index is 0.217. The van der Waals surface area contributed by atoms with Crippen LogP contribution in [0.5, 0.6) is 0 Å². The monoisotopic (exact) mass is 227 g/mol. The van der Waals surface area contributed by atoms with Gasteiger partial charge in [-0.05, 0) is 38.0 Å². The summed E-state index contributed by atoms with van der Waals surface area (Å²) in [7, 11) is 0. The Balaban J connectivity index is 1.92. The molecular formula is C13H25NO2. The normalized spacial score (nSPS) is 17.3. The minimum absolute atomic E-state index is 0.217. The zero-order valence-corrected chi connectivity index (χ0v) is 10.5. The van der Waals surface area contributed by atoms with Crippen molar-refractivity contribution >= 4 is 5.91 Å². The Hall–Kier alpha value is -0.570. The van der Waals surface area contributed by atoms with Gasteiger partial charge in [-0.3, -0.25) is 4.79 Å². The summed E-state index contributed by atoms with van der Waals surface area (Å²) in [6, 6.07) is 0. The molecule has 0 saturated carbocycles. The second-order valence-corrected chi connectivity index (χ2v) is 4.65. The molecular weight excluding hydrogens is 202 g/mol. The minimum Gasteiger partial charge on any atom is -0.381 e. The van der Waals surface area contributed by atoms with E-state index in [-0.39, 0.29) is 5.91 Å². The van der Waals surface area contributed by atoms with E-state index in [1.807, 2.05) is 0 Å². The van der Waals surface area contributed by atoms with Gasteiger partial charge in [-0.15, -0.1) is 0 Å². The van der Waals surface area contributed by atoms with Crippen molar-refractivity contribution in [3.63, 3.8) is 0 Å². The van der Waals surface area contributed by atoms with Crippen LogP contribution in [0.4, 0.5) is 0 Å². The average Bonchev–Trinajstić information content (AvgIpc) is 2.33. The Morgan fingerprint density at radius 1 is 1.31 bits per heavy atom. The van der Waals surface area contributed by atoms with Crippen LogP contribution in [0.3, 0.4) is 0 Å². The van der Waals surface area contributed by atoms with E-state index < -0.39 is 0 Å². The van der Waals surface area contributed by atoms with E-state index >= 15 is 0 Å². The molecule has 0 aromatic rings. The molecule has 1 rings (SSSR count). The van der Waals surface area contributed by atoms with Crippen LogP contribution in [0.25, 0.3) is 0 Å². The second kappa shape index (κ2) is 8.57. The van der Waals surface area contributed by atoms with Crippen molar-refractivity contribution < 1.29 is 9.53 Å². The molecule has 0 bridgehead atoms. The molecule has 3 heteroatoms. The van der Waals surface area contributed by atoms with E-state index in [4.69, 9.17) is 4.74 Å². The number of ether oxygens (including phenoxy) is 1. The Bertz CT molecular complexity index is 188. The van der Waals surface area contributed by atoms with Crippen LogP contribution in [0.2, 0.25) is 0 Å². The molecule has 0 unspecified atom stereocenters.